The van der Waals surface area contributed by atoms with E-state index in [1.54, 1.807) is 0 Å². The summed E-state index contributed by atoms with van der Waals surface area (Å²) < 4.78 is 0. The summed E-state index contributed by atoms with van der Waals surface area (Å²) in [7, 11) is 0. The van der Waals surface area contributed by atoms with Crippen LogP contribution in [-0.2, 0) is 10.2 Å². The van der Waals surface area contributed by atoms with Gasteiger partial charge in [-0.3, -0.25) is 0 Å². The van der Waals surface area contributed by atoms with Crippen molar-refractivity contribution in [2.75, 3.05) is 5.73 Å². The van der Waals surface area contributed by atoms with E-state index in [4.69, 9.17) is 5.73 Å². The van der Waals surface area contributed by atoms with E-state index in [2.05, 4.69) is 13.8 Å². The Morgan fingerprint density at radius 2 is 1.93 bits per heavy atom. The number of carbonyl (C=O) groups excluding carboxylic acids is 1. The van der Waals surface area contributed by atoms with Crippen LogP contribution < -0.4 is 5.73 Å². The van der Waals surface area contributed by atoms with Crippen molar-refractivity contribution in [2.45, 2.75) is 38.5 Å². The maximum atomic E-state index is 10.7. The van der Waals surface area contributed by atoms with E-state index in [-0.39, 0.29) is 5.41 Å². The molecule has 0 saturated heterocycles. The van der Waals surface area contributed by atoms with Gasteiger partial charge in [-0.05, 0) is 29.5 Å². The molecule has 0 spiro atoms. The highest BCUT2D eigenvalue weighted by Gasteiger charge is 2.24. The van der Waals surface area contributed by atoms with Crippen LogP contribution in [0.25, 0.3) is 0 Å². The SMILES string of the molecule is CCCC(C)(CC=O)c1ccc(N)cc1. The topological polar surface area (TPSA) is 43.1 Å². The second kappa shape index (κ2) is 4.96. The molecule has 2 nitrogen and oxygen atoms in total. The number of nitrogens with two attached hydrogens (primary N) is 1. The van der Waals surface area contributed by atoms with Gasteiger partial charge in [-0.25, -0.2) is 0 Å². The van der Waals surface area contributed by atoms with E-state index in [9.17, 15) is 4.79 Å². The molecule has 1 unspecified atom stereocenters. The van der Waals surface area contributed by atoms with Crippen LogP contribution in [0.5, 0.6) is 0 Å². The molecule has 1 rings (SSSR count). The summed E-state index contributed by atoms with van der Waals surface area (Å²) in [4.78, 5) is 10.7. The zero-order valence-electron chi connectivity index (χ0n) is 9.49. The Hall–Kier alpha value is -1.31. The number of aldehydes is 1. The van der Waals surface area contributed by atoms with Crippen molar-refractivity contribution in [2.24, 2.45) is 0 Å². The molecule has 0 aliphatic rings. The summed E-state index contributed by atoms with van der Waals surface area (Å²) in [6.07, 6.45) is 3.68. The number of hydrogen-bond acceptors (Lipinski definition) is 2. The monoisotopic (exact) mass is 205 g/mol. The Kier molecular flexibility index (Phi) is 3.89. The van der Waals surface area contributed by atoms with Crippen molar-refractivity contribution in [1.82, 2.24) is 0 Å². The van der Waals surface area contributed by atoms with Crippen molar-refractivity contribution in [3.63, 3.8) is 0 Å². The average Bonchev–Trinajstić information content (AvgIpc) is 2.19. The molecule has 0 amide bonds. The maximum Gasteiger partial charge on any atom is 0.120 e. The molecule has 0 aliphatic heterocycles. The Morgan fingerprint density at radius 3 is 2.40 bits per heavy atom. The van der Waals surface area contributed by atoms with E-state index in [0.717, 1.165) is 24.8 Å². The van der Waals surface area contributed by atoms with Crippen LogP contribution in [-0.4, -0.2) is 6.29 Å². The fourth-order valence-corrected chi connectivity index (χ4v) is 1.99. The molecule has 2 heteroatoms. The van der Waals surface area contributed by atoms with Gasteiger partial charge in [-0.1, -0.05) is 32.4 Å². The minimum absolute atomic E-state index is 0.0375. The largest absolute Gasteiger partial charge is 0.399 e. The normalized spacial score (nSPS) is 14.5. The number of hydrogen-bond donors (Lipinski definition) is 1. The summed E-state index contributed by atoms with van der Waals surface area (Å²) in [6, 6.07) is 7.84. The van der Waals surface area contributed by atoms with Crippen LogP contribution in [0.2, 0.25) is 0 Å². The van der Waals surface area contributed by atoms with Crippen LogP contribution in [0.3, 0.4) is 0 Å². The van der Waals surface area contributed by atoms with Crippen molar-refractivity contribution in [3.05, 3.63) is 29.8 Å². The lowest BCUT2D eigenvalue weighted by Crippen LogP contribution is -2.22. The predicted octanol–water partition coefficient (Wildman–Crippen LogP) is 2.92. The number of rotatable bonds is 5. The minimum Gasteiger partial charge on any atom is -0.399 e. The van der Waals surface area contributed by atoms with Gasteiger partial charge in [0.25, 0.3) is 0 Å². The Balaban J connectivity index is 2.97. The summed E-state index contributed by atoms with van der Waals surface area (Å²) in [6.45, 7) is 4.27. The first-order valence-electron chi connectivity index (χ1n) is 5.42. The lowest BCUT2D eigenvalue weighted by molar-refractivity contribution is -0.108. The Morgan fingerprint density at radius 1 is 1.33 bits per heavy atom. The molecule has 0 bridgehead atoms. The maximum absolute atomic E-state index is 10.7. The van der Waals surface area contributed by atoms with Gasteiger partial charge in [0.2, 0.25) is 0 Å². The standard InChI is InChI=1S/C13H19NO/c1-3-8-13(2,9-10-15)11-4-6-12(14)7-5-11/h4-7,10H,3,8-9,14H2,1-2H3. The molecule has 82 valence electrons. The zero-order valence-corrected chi connectivity index (χ0v) is 9.49. The molecule has 1 aromatic rings. The van der Waals surface area contributed by atoms with Crippen LogP contribution in [0.1, 0.15) is 38.7 Å². The van der Waals surface area contributed by atoms with Gasteiger partial charge in [-0.15, -0.1) is 0 Å². The molecule has 1 atom stereocenters. The van der Waals surface area contributed by atoms with Crippen molar-refractivity contribution in [3.8, 4) is 0 Å². The van der Waals surface area contributed by atoms with Gasteiger partial charge in [0.15, 0.2) is 0 Å². The molecular weight excluding hydrogens is 186 g/mol. The van der Waals surface area contributed by atoms with Gasteiger partial charge in [-0.2, -0.15) is 0 Å². The van der Waals surface area contributed by atoms with Gasteiger partial charge >= 0.3 is 0 Å². The highest BCUT2D eigenvalue weighted by atomic mass is 16.1. The van der Waals surface area contributed by atoms with Crippen molar-refractivity contribution < 1.29 is 4.79 Å². The van der Waals surface area contributed by atoms with E-state index in [0.29, 0.717) is 6.42 Å². The van der Waals surface area contributed by atoms with E-state index in [1.165, 1.54) is 5.56 Å². The Labute approximate surface area is 91.5 Å². The second-order valence-electron chi connectivity index (χ2n) is 4.30. The first kappa shape index (κ1) is 11.8. The fraction of sp³-hybridized carbons (Fsp3) is 0.462. The van der Waals surface area contributed by atoms with Crippen LogP contribution in [0, 0.1) is 0 Å². The van der Waals surface area contributed by atoms with Gasteiger partial charge in [0.1, 0.15) is 6.29 Å². The molecule has 1 aromatic carbocycles. The molecule has 0 fully saturated rings. The third-order valence-electron chi connectivity index (χ3n) is 2.94. The van der Waals surface area contributed by atoms with Gasteiger partial charge in [0.05, 0.1) is 0 Å². The molecule has 0 saturated carbocycles. The number of carbonyl (C=O) groups is 1. The van der Waals surface area contributed by atoms with E-state index >= 15 is 0 Å². The summed E-state index contributed by atoms with van der Waals surface area (Å²) in [5, 5.41) is 0. The minimum atomic E-state index is -0.0375. The molecule has 15 heavy (non-hydrogen) atoms. The Bertz CT molecular complexity index is 318. The van der Waals surface area contributed by atoms with E-state index < -0.39 is 0 Å². The first-order chi connectivity index (χ1) is 7.12. The lowest BCUT2D eigenvalue weighted by atomic mass is 9.76. The van der Waals surface area contributed by atoms with Crippen LogP contribution in [0.15, 0.2) is 24.3 Å². The third kappa shape index (κ3) is 2.82. The van der Waals surface area contributed by atoms with E-state index in [1.807, 2.05) is 24.3 Å². The molecule has 0 aromatic heterocycles. The van der Waals surface area contributed by atoms with Crippen LogP contribution in [0.4, 0.5) is 5.69 Å². The van der Waals surface area contributed by atoms with Gasteiger partial charge in [0, 0.05) is 12.1 Å². The molecule has 2 N–H and O–H groups in total. The average molecular weight is 205 g/mol. The number of anilines is 1. The zero-order chi connectivity index (χ0) is 11.3. The fourth-order valence-electron chi connectivity index (χ4n) is 1.99. The quantitative estimate of drug-likeness (QED) is 0.593. The molecule has 0 radical (unpaired) electrons. The van der Waals surface area contributed by atoms with Gasteiger partial charge < -0.3 is 10.5 Å². The second-order valence-corrected chi connectivity index (χ2v) is 4.30. The van der Waals surface area contributed by atoms with Crippen molar-refractivity contribution in [1.29, 1.82) is 0 Å². The molecular formula is C13H19NO. The summed E-state index contributed by atoms with van der Waals surface area (Å²) >= 11 is 0. The number of benzene rings is 1. The summed E-state index contributed by atoms with van der Waals surface area (Å²) in [5.41, 5.74) is 7.58. The molecule has 0 heterocycles. The molecule has 0 aliphatic carbocycles. The smallest absolute Gasteiger partial charge is 0.120 e. The predicted molar refractivity (Wildman–Crippen MR) is 63.8 cm³/mol. The highest BCUT2D eigenvalue weighted by molar-refractivity contribution is 5.54. The number of nitrogen functional groups attached to an aromatic ring is 1. The summed E-state index contributed by atoms with van der Waals surface area (Å²) in [5.74, 6) is 0. The third-order valence-corrected chi connectivity index (χ3v) is 2.94. The van der Waals surface area contributed by atoms with Crippen LogP contribution >= 0.6 is 0 Å². The lowest BCUT2D eigenvalue weighted by Gasteiger charge is -2.27. The first-order valence-corrected chi connectivity index (χ1v) is 5.42. The highest BCUT2D eigenvalue weighted by Crippen LogP contribution is 2.32. The van der Waals surface area contributed by atoms with Crippen molar-refractivity contribution >= 4 is 12.0 Å².